The average Bonchev–Trinajstić information content (AvgIpc) is 2.48. The van der Waals surface area contributed by atoms with Crippen LogP contribution in [-0.2, 0) is 6.42 Å². The Hall–Kier alpha value is -1.03. The number of carbonyl (C=O) groups is 1. The van der Waals surface area contributed by atoms with E-state index in [2.05, 4.69) is 0 Å². The molecule has 0 atom stereocenters. The molecule has 0 fully saturated rings. The predicted octanol–water partition coefficient (Wildman–Crippen LogP) is 2.41. The molecule has 1 aromatic heterocycles. The molecule has 1 rings (SSSR count). The lowest BCUT2D eigenvalue weighted by atomic mass is 10.3. The molecule has 0 aliphatic carbocycles. The van der Waals surface area contributed by atoms with E-state index in [1.54, 1.807) is 6.07 Å². The number of thiophene rings is 1. The largest absolute Gasteiger partial charge is 0.492 e. The second-order valence-corrected chi connectivity index (χ2v) is 3.63. The summed E-state index contributed by atoms with van der Waals surface area (Å²) < 4.78 is 5.21. The van der Waals surface area contributed by atoms with Crippen molar-refractivity contribution in [3.63, 3.8) is 0 Å². The fourth-order valence-electron chi connectivity index (χ4n) is 1.01. The van der Waals surface area contributed by atoms with Gasteiger partial charge >= 0.3 is 5.97 Å². The first-order chi connectivity index (χ1) is 6.19. The normalized spacial score (nSPS) is 10.0. The molecule has 1 N–H and O–H groups in total. The summed E-state index contributed by atoms with van der Waals surface area (Å²) in [4.78, 5) is 12.1. The lowest BCUT2D eigenvalue weighted by Gasteiger charge is -1.99. The molecule has 0 amide bonds. The summed E-state index contributed by atoms with van der Waals surface area (Å²) in [6, 6.07) is 1.80. The van der Waals surface area contributed by atoms with Crippen LogP contribution in [0.25, 0.3) is 0 Å². The molecule has 0 saturated heterocycles. The maximum atomic E-state index is 10.8. The predicted molar refractivity (Wildman–Crippen MR) is 51.8 cm³/mol. The van der Waals surface area contributed by atoms with E-state index in [4.69, 9.17) is 9.84 Å². The number of carboxylic acid groups (broad SMARTS) is 1. The van der Waals surface area contributed by atoms with Gasteiger partial charge in [-0.1, -0.05) is 6.92 Å². The van der Waals surface area contributed by atoms with Gasteiger partial charge in [-0.3, -0.25) is 0 Å². The van der Waals surface area contributed by atoms with E-state index < -0.39 is 5.97 Å². The van der Waals surface area contributed by atoms with E-state index in [9.17, 15) is 4.79 Å². The lowest BCUT2D eigenvalue weighted by Crippen LogP contribution is -1.98. The number of aromatic carboxylic acids is 1. The Morgan fingerprint density at radius 3 is 2.77 bits per heavy atom. The average molecular weight is 200 g/mol. The summed E-state index contributed by atoms with van der Waals surface area (Å²) in [5.41, 5.74) is 0. The summed E-state index contributed by atoms with van der Waals surface area (Å²) in [7, 11) is 0. The van der Waals surface area contributed by atoms with E-state index in [-0.39, 0.29) is 0 Å². The molecule has 0 spiro atoms. The molecule has 72 valence electrons. The van der Waals surface area contributed by atoms with Gasteiger partial charge in [-0.15, -0.1) is 11.3 Å². The van der Waals surface area contributed by atoms with Crippen molar-refractivity contribution in [3.05, 3.63) is 15.8 Å². The molecular weight excluding hydrogens is 188 g/mol. The van der Waals surface area contributed by atoms with E-state index in [1.807, 2.05) is 13.8 Å². The van der Waals surface area contributed by atoms with Crippen LogP contribution in [-0.4, -0.2) is 17.7 Å². The van der Waals surface area contributed by atoms with Gasteiger partial charge in [-0.05, 0) is 19.4 Å². The molecule has 0 bridgehead atoms. The van der Waals surface area contributed by atoms with Gasteiger partial charge in [0.1, 0.15) is 5.75 Å². The minimum Gasteiger partial charge on any atom is -0.492 e. The maximum absolute atomic E-state index is 10.8. The highest BCUT2D eigenvalue weighted by molar-refractivity contribution is 7.14. The van der Waals surface area contributed by atoms with Crippen LogP contribution >= 0.6 is 11.3 Å². The Labute approximate surface area is 81.0 Å². The van der Waals surface area contributed by atoms with Gasteiger partial charge in [0.15, 0.2) is 4.88 Å². The first-order valence-corrected chi connectivity index (χ1v) is 4.99. The molecule has 0 radical (unpaired) electrons. The van der Waals surface area contributed by atoms with Crippen LogP contribution in [0.1, 0.15) is 28.4 Å². The zero-order valence-electron chi connectivity index (χ0n) is 7.66. The summed E-state index contributed by atoms with van der Waals surface area (Å²) in [6.07, 6.45) is 0.845. The smallest absolute Gasteiger partial charge is 0.349 e. The lowest BCUT2D eigenvalue weighted by molar-refractivity contribution is 0.0698. The molecule has 0 saturated carbocycles. The molecule has 0 unspecified atom stereocenters. The summed E-state index contributed by atoms with van der Waals surface area (Å²) in [5.74, 6) is -0.412. The topological polar surface area (TPSA) is 46.5 Å². The molecule has 0 aromatic carbocycles. The Kier molecular flexibility index (Phi) is 3.31. The zero-order chi connectivity index (χ0) is 9.84. The molecule has 4 heteroatoms. The van der Waals surface area contributed by atoms with Crippen LogP contribution in [0.15, 0.2) is 6.07 Å². The molecular formula is C9H12O3S. The van der Waals surface area contributed by atoms with Crippen molar-refractivity contribution in [3.8, 4) is 5.75 Å². The van der Waals surface area contributed by atoms with Crippen LogP contribution in [0, 0.1) is 0 Å². The molecule has 0 aliphatic heterocycles. The van der Waals surface area contributed by atoms with Gasteiger partial charge in [-0.25, -0.2) is 4.79 Å². The Balaban J connectivity index is 3.00. The summed E-state index contributed by atoms with van der Waals surface area (Å²) >= 11 is 1.28. The second kappa shape index (κ2) is 4.28. The van der Waals surface area contributed by atoms with Gasteiger partial charge < -0.3 is 9.84 Å². The number of ether oxygens (including phenoxy) is 1. The van der Waals surface area contributed by atoms with Crippen LogP contribution in [0.4, 0.5) is 0 Å². The second-order valence-electron chi connectivity index (χ2n) is 2.50. The van der Waals surface area contributed by atoms with Gasteiger partial charge in [0.2, 0.25) is 0 Å². The molecule has 1 aromatic rings. The SMILES string of the molecule is CCOc1cc(CC)sc1C(=O)O. The third kappa shape index (κ3) is 2.21. The van der Waals surface area contributed by atoms with E-state index >= 15 is 0 Å². The van der Waals surface area contributed by atoms with Gasteiger partial charge in [0, 0.05) is 4.88 Å². The molecule has 1 heterocycles. The van der Waals surface area contributed by atoms with Gasteiger partial charge in [0.25, 0.3) is 0 Å². The number of aryl methyl sites for hydroxylation is 1. The number of hydrogen-bond donors (Lipinski definition) is 1. The highest BCUT2D eigenvalue weighted by Gasteiger charge is 2.15. The third-order valence-electron chi connectivity index (χ3n) is 1.59. The van der Waals surface area contributed by atoms with Crippen molar-refractivity contribution in [1.82, 2.24) is 0 Å². The Morgan fingerprint density at radius 1 is 1.62 bits per heavy atom. The summed E-state index contributed by atoms with van der Waals surface area (Å²) in [5, 5.41) is 8.83. The van der Waals surface area contributed by atoms with Gasteiger partial charge in [-0.2, -0.15) is 0 Å². The zero-order valence-corrected chi connectivity index (χ0v) is 8.48. The van der Waals surface area contributed by atoms with E-state index in [0.717, 1.165) is 11.3 Å². The molecule has 3 nitrogen and oxygen atoms in total. The van der Waals surface area contributed by atoms with Gasteiger partial charge in [0.05, 0.1) is 6.61 Å². The highest BCUT2D eigenvalue weighted by Crippen LogP contribution is 2.29. The number of carboxylic acids is 1. The van der Waals surface area contributed by atoms with Crippen LogP contribution < -0.4 is 4.74 Å². The van der Waals surface area contributed by atoms with Crippen molar-refractivity contribution >= 4 is 17.3 Å². The van der Waals surface area contributed by atoms with Crippen molar-refractivity contribution in [2.45, 2.75) is 20.3 Å². The summed E-state index contributed by atoms with van der Waals surface area (Å²) in [6.45, 7) is 4.34. The minimum atomic E-state index is -0.909. The fourth-order valence-corrected chi connectivity index (χ4v) is 1.89. The minimum absolute atomic E-state index is 0.304. The third-order valence-corrected chi connectivity index (χ3v) is 2.84. The molecule has 0 aliphatic rings. The van der Waals surface area contributed by atoms with Crippen LogP contribution in [0.5, 0.6) is 5.75 Å². The van der Waals surface area contributed by atoms with Crippen molar-refractivity contribution in [2.24, 2.45) is 0 Å². The monoisotopic (exact) mass is 200 g/mol. The molecule has 13 heavy (non-hydrogen) atoms. The van der Waals surface area contributed by atoms with Crippen molar-refractivity contribution in [2.75, 3.05) is 6.61 Å². The van der Waals surface area contributed by atoms with E-state index in [0.29, 0.717) is 17.2 Å². The first-order valence-electron chi connectivity index (χ1n) is 4.17. The first kappa shape index (κ1) is 10.1. The standard InChI is InChI=1S/C9H12O3S/c1-3-6-5-7(12-4-2)8(13-6)9(10)11/h5H,3-4H2,1-2H3,(H,10,11). The highest BCUT2D eigenvalue weighted by atomic mass is 32.1. The van der Waals surface area contributed by atoms with Crippen LogP contribution in [0.3, 0.4) is 0 Å². The number of hydrogen-bond acceptors (Lipinski definition) is 3. The van der Waals surface area contributed by atoms with E-state index in [1.165, 1.54) is 11.3 Å². The Bertz CT molecular complexity index is 304. The maximum Gasteiger partial charge on any atom is 0.349 e. The van der Waals surface area contributed by atoms with Crippen molar-refractivity contribution in [1.29, 1.82) is 0 Å². The fraction of sp³-hybridized carbons (Fsp3) is 0.444. The van der Waals surface area contributed by atoms with Crippen LogP contribution in [0.2, 0.25) is 0 Å². The Morgan fingerprint density at radius 2 is 2.31 bits per heavy atom. The quantitative estimate of drug-likeness (QED) is 0.811. The van der Waals surface area contributed by atoms with Crippen molar-refractivity contribution < 1.29 is 14.6 Å². The number of rotatable bonds is 4.